The number of rotatable bonds is 7. The van der Waals surface area contributed by atoms with Crippen LogP contribution >= 0.6 is 11.8 Å². The van der Waals surface area contributed by atoms with Crippen LogP contribution in [0.15, 0.2) is 54.6 Å². The molecule has 1 amide bonds. The fraction of sp³-hybridized carbons (Fsp3) is 0.316. The molecule has 22 heavy (non-hydrogen) atoms. The molecule has 2 aromatic rings. The van der Waals surface area contributed by atoms with Crippen molar-refractivity contribution in [3.8, 4) is 0 Å². The van der Waals surface area contributed by atoms with Crippen molar-refractivity contribution in [1.29, 1.82) is 0 Å². The van der Waals surface area contributed by atoms with Crippen molar-refractivity contribution in [3.05, 3.63) is 71.3 Å². The molecule has 0 heterocycles. The van der Waals surface area contributed by atoms with Crippen LogP contribution in [0.25, 0.3) is 0 Å². The first-order valence-corrected chi connectivity index (χ1v) is 8.78. The zero-order valence-corrected chi connectivity index (χ0v) is 14.0. The molecule has 0 saturated heterocycles. The monoisotopic (exact) mass is 313 g/mol. The average Bonchev–Trinajstić information content (AvgIpc) is 2.54. The van der Waals surface area contributed by atoms with Crippen LogP contribution in [0.3, 0.4) is 0 Å². The molecule has 0 fully saturated rings. The fourth-order valence-electron chi connectivity index (χ4n) is 2.11. The van der Waals surface area contributed by atoms with E-state index >= 15 is 0 Å². The number of amides is 1. The molecule has 0 aliphatic heterocycles. The van der Waals surface area contributed by atoms with E-state index in [4.69, 9.17) is 0 Å². The van der Waals surface area contributed by atoms with Crippen LogP contribution in [-0.4, -0.2) is 11.7 Å². The van der Waals surface area contributed by atoms with Crippen molar-refractivity contribution in [2.45, 2.75) is 32.1 Å². The Morgan fingerprint density at radius 3 is 2.32 bits per heavy atom. The first kappa shape index (κ1) is 16.6. The molecule has 0 radical (unpaired) electrons. The average molecular weight is 313 g/mol. The largest absolute Gasteiger partial charge is 0.351 e. The molecule has 116 valence electrons. The van der Waals surface area contributed by atoms with E-state index in [0.717, 1.165) is 11.3 Å². The van der Waals surface area contributed by atoms with Gasteiger partial charge in [0, 0.05) is 12.3 Å². The van der Waals surface area contributed by atoms with Gasteiger partial charge in [0.05, 0.1) is 5.75 Å². The van der Waals surface area contributed by atoms with Crippen molar-refractivity contribution >= 4 is 17.7 Å². The highest BCUT2D eigenvalue weighted by Gasteiger charge is 2.03. The second kappa shape index (κ2) is 8.64. The van der Waals surface area contributed by atoms with E-state index in [1.165, 1.54) is 11.1 Å². The Hall–Kier alpha value is -1.74. The summed E-state index contributed by atoms with van der Waals surface area (Å²) in [6.45, 7) is 4.99. The molecule has 0 saturated carbocycles. The van der Waals surface area contributed by atoms with Gasteiger partial charge < -0.3 is 5.32 Å². The van der Waals surface area contributed by atoms with Crippen LogP contribution in [0.2, 0.25) is 0 Å². The van der Waals surface area contributed by atoms with Crippen LogP contribution in [0.1, 0.15) is 36.5 Å². The third kappa shape index (κ3) is 5.57. The Kier molecular flexibility index (Phi) is 6.53. The molecule has 0 unspecified atom stereocenters. The van der Waals surface area contributed by atoms with Gasteiger partial charge in [-0.25, -0.2) is 0 Å². The lowest BCUT2D eigenvalue weighted by atomic mass is 10.0. The van der Waals surface area contributed by atoms with Gasteiger partial charge in [0.15, 0.2) is 0 Å². The summed E-state index contributed by atoms with van der Waals surface area (Å²) in [6.07, 6.45) is 0. The quantitative estimate of drug-likeness (QED) is 0.823. The Morgan fingerprint density at radius 1 is 1.00 bits per heavy atom. The highest BCUT2D eigenvalue weighted by Crippen LogP contribution is 2.17. The summed E-state index contributed by atoms with van der Waals surface area (Å²) in [7, 11) is 0. The van der Waals surface area contributed by atoms with Gasteiger partial charge in [0.1, 0.15) is 0 Å². The third-order valence-electron chi connectivity index (χ3n) is 3.48. The molecule has 0 aliphatic rings. The maximum atomic E-state index is 11.8. The normalized spacial score (nSPS) is 10.7. The molecule has 3 heteroatoms. The summed E-state index contributed by atoms with van der Waals surface area (Å²) < 4.78 is 0. The van der Waals surface area contributed by atoms with E-state index in [-0.39, 0.29) is 5.91 Å². The van der Waals surface area contributed by atoms with Crippen molar-refractivity contribution in [3.63, 3.8) is 0 Å². The minimum absolute atomic E-state index is 0.0904. The predicted molar refractivity (Wildman–Crippen MR) is 95.0 cm³/mol. The first-order valence-electron chi connectivity index (χ1n) is 7.62. The van der Waals surface area contributed by atoms with Gasteiger partial charge >= 0.3 is 0 Å². The Bertz CT molecular complexity index is 578. The summed E-state index contributed by atoms with van der Waals surface area (Å²) >= 11 is 1.65. The second-order valence-corrected chi connectivity index (χ2v) is 6.64. The van der Waals surface area contributed by atoms with Gasteiger partial charge in [-0.3, -0.25) is 4.79 Å². The number of carbonyl (C=O) groups excluding carboxylic acids is 1. The van der Waals surface area contributed by atoms with Crippen LogP contribution in [0.5, 0.6) is 0 Å². The predicted octanol–water partition coefficient (Wildman–Crippen LogP) is 4.36. The lowest BCUT2D eigenvalue weighted by Crippen LogP contribution is -2.24. The third-order valence-corrected chi connectivity index (χ3v) is 4.48. The molecule has 0 aliphatic carbocycles. The minimum Gasteiger partial charge on any atom is -0.351 e. The van der Waals surface area contributed by atoms with Crippen molar-refractivity contribution in [2.75, 3.05) is 5.75 Å². The zero-order valence-electron chi connectivity index (χ0n) is 13.2. The SMILES string of the molecule is CC(C)c1ccc(CSCC(=O)NCc2ccccc2)cc1. The first-order chi connectivity index (χ1) is 10.6. The molecule has 2 nitrogen and oxygen atoms in total. The number of hydrogen-bond acceptors (Lipinski definition) is 2. The molecule has 0 spiro atoms. The number of nitrogens with one attached hydrogen (secondary N) is 1. The summed E-state index contributed by atoms with van der Waals surface area (Å²) in [5.74, 6) is 2.02. The highest BCUT2D eigenvalue weighted by atomic mass is 32.2. The van der Waals surface area contributed by atoms with E-state index in [1.807, 2.05) is 30.3 Å². The molecule has 0 bridgehead atoms. The van der Waals surface area contributed by atoms with Crippen LogP contribution in [-0.2, 0) is 17.1 Å². The van der Waals surface area contributed by atoms with Gasteiger partial charge in [0.2, 0.25) is 5.91 Å². The van der Waals surface area contributed by atoms with Crippen molar-refractivity contribution in [1.82, 2.24) is 5.32 Å². The summed E-state index contributed by atoms with van der Waals surface area (Å²) in [5, 5.41) is 2.95. The van der Waals surface area contributed by atoms with Crippen LogP contribution in [0, 0.1) is 0 Å². The van der Waals surface area contributed by atoms with E-state index in [9.17, 15) is 4.79 Å². The Morgan fingerprint density at radius 2 is 1.68 bits per heavy atom. The second-order valence-electron chi connectivity index (χ2n) is 5.65. The van der Waals surface area contributed by atoms with E-state index < -0.39 is 0 Å². The van der Waals surface area contributed by atoms with Gasteiger partial charge in [0.25, 0.3) is 0 Å². The summed E-state index contributed by atoms with van der Waals surface area (Å²) in [5.41, 5.74) is 3.75. The number of thioether (sulfide) groups is 1. The van der Waals surface area contributed by atoms with E-state index in [0.29, 0.717) is 18.2 Å². The maximum absolute atomic E-state index is 11.8. The topological polar surface area (TPSA) is 29.1 Å². The van der Waals surface area contributed by atoms with Gasteiger partial charge in [-0.1, -0.05) is 68.4 Å². The standard InChI is InChI=1S/C19H23NOS/c1-15(2)18-10-8-17(9-11-18)13-22-14-19(21)20-12-16-6-4-3-5-7-16/h3-11,15H,12-14H2,1-2H3,(H,20,21). The summed E-state index contributed by atoms with van der Waals surface area (Å²) in [4.78, 5) is 11.8. The number of benzene rings is 2. The van der Waals surface area contributed by atoms with Crippen LogP contribution < -0.4 is 5.32 Å². The molecule has 0 atom stereocenters. The number of carbonyl (C=O) groups is 1. The molecule has 2 aromatic carbocycles. The molecular weight excluding hydrogens is 290 g/mol. The molecular formula is C19H23NOS. The van der Waals surface area contributed by atoms with E-state index in [2.05, 4.69) is 43.4 Å². The minimum atomic E-state index is 0.0904. The maximum Gasteiger partial charge on any atom is 0.230 e. The zero-order chi connectivity index (χ0) is 15.8. The van der Waals surface area contributed by atoms with Crippen molar-refractivity contribution in [2.24, 2.45) is 0 Å². The Balaban J connectivity index is 1.68. The van der Waals surface area contributed by atoms with E-state index in [1.54, 1.807) is 11.8 Å². The lowest BCUT2D eigenvalue weighted by molar-refractivity contribution is -0.118. The van der Waals surface area contributed by atoms with Crippen molar-refractivity contribution < 1.29 is 4.79 Å². The molecule has 2 rings (SSSR count). The summed E-state index contributed by atoms with van der Waals surface area (Å²) in [6, 6.07) is 18.6. The molecule has 1 N–H and O–H groups in total. The Labute approximate surface area is 137 Å². The van der Waals surface area contributed by atoms with Gasteiger partial charge in [-0.05, 0) is 22.6 Å². The lowest BCUT2D eigenvalue weighted by Gasteiger charge is -2.07. The fourth-order valence-corrected chi connectivity index (χ4v) is 2.93. The van der Waals surface area contributed by atoms with Gasteiger partial charge in [-0.2, -0.15) is 0 Å². The highest BCUT2D eigenvalue weighted by molar-refractivity contribution is 7.99. The van der Waals surface area contributed by atoms with Gasteiger partial charge in [-0.15, -0.1) is 11.8 Å². The number of hydrogen-bond donors (Lipinski definition) is 1. The smallest absolute Gasteiger partial charge is 0.230 e. The van der Waals surface area contributed by atoms with Crippen LogP contribution in [0.4, 0.5) is 0 Å². The molecule has 0 aromatic heterocycles.